The summed E-state index contributed by atoms with van der Waals surface area (Å²) in [6.45, 7) is -1.23. The van der Waals surface area contributed by atoms with E-state index in [0.29, 0.717) is 23.4 Å². The third kappa shape index (κ3) is 2.80. The molecule has 0 aliphatic heterocycles. The SMILES string of the molecule is O=C(O)C1CCc2sc(NCC(F)(F)C(F)F)nc21. The van der Waals surface area contributed by atoms with Gasteiger partial charge >= 0.3 is 18.3 Å². The van der Waals surface area contributed by atoms with Gasteiger partial charge in [0.05, 0.1) is 12.2 Å². The number of aliphatic carboxylic acids is 1. The van der Waals surface area contributed by atoms with Crippen LogP contribution in [0.1, 0.15) is 22.9 Å². The highest BCUT2D eigenvalue weighted by Crippen LogP contribution is 2.38. The fourth-order valence-corrected chi connectivity index (χ4v) is 2.85. The first-order valence-corrected chi connectivity index (χ1v) is 6.25. The molecule has 2 N–H and O–H groups in total. The van der Waals surface area contributed by atoms with E-state index >= 15 is 0 Å². The predicted octanol–water partition coefficient (Wildman–Crippen LogP) is 2.57. The van der Waals surface area contributed by atoms with Gasteiger partial charge < -0.3 is 10.4 Å². The quantitative estimate of drug-likeness (QED) is 0.820. The molecule has 1 aliphatic carbocycles. The van der Waals surface area contributed by atoms with E-state index in [2.05, 4.69) is 10.3 Å². The number of aromatic nitrogens is 1. The second kappa shape index (κ2) is 4.95. The average Bonchev–Trinajstić information content (AvgIpc) is 2.84. The summed E-state index contributed by atoms with van der Waals surface area (Å²) in [5.41, 5.74) is 0.348. The first-order valence-electron chi connectivity index (χ1n) is 5.43. The normalized spacial score (nSPS) is 18.7. The number of hydrogen-bond donors (Lipinski definition) is 2. The number of thiazole rings is 1. The first-order chi connectivity index (χ1) is 8.81. The molecule has 0 amide bonds. The molecule has 1 aromatic heterocycles. The van der Waals surface area contributed by atoms with E-state index in [0.717, 1.165) is 11.3 Å². The Kier molecular flexibility index (Phi) is 3.66. The van der Waals surface area contributed by atoms with Gasteiger partial charge in [-0.25, -0.2) is 13.8 Å². The highest BCUT2D eigenvalue weighted by Gasteiger charge is 2.41. The van der Waals surface area contributed by atoms with Crippen LogP contribution in [0.4, 0.5) is 22.7 Å². The number of fused-ring (bicyclic) bond motifs is 1. The van der Waals surface area contributed by atoms with Crippen LogP contribution in [0, 0.1) is 0 Å². The number of carboxylic acids is 1. The van der Waals surface area contributed by atoms with Crippen LogP contribution >= 0.6 is 11.3 Å². The molecule has 0 aromatic carbocycles. The third-order valence-electron chi connectivity index (χ3n) is 2.81. The number of hydrogen-bond acceptors (Lipinski definition) is 4. The van der Waals surface area contributed by atoms with Crippen LogP contribution in [-0.4, -0.2) is 35.0 Å². The Balaban J connectivity index is 2.05. The van der Waals surface area contributed by atoms with Crippen LogP contribution < -0.4 is 5.32 Å². The Morgan fingerprint density at radius 2 is 2.26 bits per heavy atom. The summed E-state index contributed by atoms with van der Waals surface area (Å²) in [6.07, 6.45) is -2.81. The van der Waals surface area contributed by atoms with E-state index in [4.69, 9.17) is 5.11 Å². The molecule has 0 radical (unpaired) electrons. The molecular formula is C10H10F4N2O2S. The molecule has 19 heavy (non-hydrogen) atoms. The van der Waals surface area contributed by atoms with E-state index in [1.807, 2.05) is 0 Å². The Morgan fingerprint density at radius 1 is 1.58 bits per heavy atom. The lowest BCUT2D eigenvalue weighted by atomic mass is 10.1. The summed E-state index contributed by atoms with van der Waals surface area (Å²) in [7, 11) is 0. The topological polar surface area (TPSA) is 62.2 Å². The van der Waals surface area contributed by atoms with Crippen LogP contribution in [0.2, 0.25) is 0 Å². The Bertz CT molecular complexity index is 492. The van der Waals surface area contributed by atoms with E-state index in [-0.39, 0.29) is 5.13 Å². The van der Waals surface area contributed by atoms with E-state index in [1.54, 1.807) is 0 Å². The summed E-state index contributed by atoms with van der Waals surface area (Å²) < 4.78 is 49.3. The van der Waals surface area contributed by atoms with Crippen molar-refractivity contribution in [3.8, 4) is 0 Å². The van der Waals surface area contributed by atoms with Gasteiger partial charge in [-0.05, 0) is 12.8 Å². The zero-order valence-corrected chi connectivity index (χ0v) is 10.3. The lowest BCUT2D eigenvalue weighted by Crippen LogP contribution is -2.34. The molecule has 9 heteroatoms. The molecule has 1 atom stereocenters. The average molecular weight is 298 g/mol. The molecule has 0 saturated heterocycles. The second-order valence-electron chi connectivity index (χ2n) is 4.17. The van der Waals surface area contributed by atoms with Crippen LogP contribution in [0.15, 0.2) is 0 Å². The minimum Gasteiger partial charge on any atom is -0.481 e. The number of carboxylic acid groups (broad SMARTS) is 1. The molecule has 1 unspecified atom stereocenters. The monoisotopic (exact) mass is 298 g/mol. The van der Waals surface area contributed by atoms with Crippen molar-refractivity contribution in [2.45, 2.75) is 31.1 Å². The summed E-state index contributed by atoms with van der Waals surface area (Å²) in [5, 5.41) is 11.1. The molecule has 4 nitrogen and oxygen atoms in total. The number of aryl methyl sites for hydroxylation is 1. The van der Waals surface area contributed by atoms with E-state index in [1.165, 1.54) is 0 Å². The molecule has 2 rings (SSSR count). The van der Waals surface area contributed by atoms with Crippen LogP contribution in [0.5, 0.6) is 0 Å². The highest BCUT2D eigenvalue weighted by atomic mass is 32.1. The van der Waals surface area contributed by atoms with Gasteiger partial charge in [0.25, 0.3) is 0 Å². The summed E-state index contributed by atoms with van der Waals surface area (Å²) in [5.74, 6) is -5.90. The third-order valence-corrected chi connectivity index (χ3v) is 3.90. The molecule has 1 aromatic rings. The zero-order chi connectivity index (χ0) is 14.2. The van der Waals surface area contributed by atoms with Gasteiger partial charge in [0.15, 0.2) is 5.13 Å². The molecule has 1 heterocycles. The number of rotatable bonds is 5. The maximum atomic E-state index is 12.7. The Morgan fingerprint density at radius 3 is 2.84 bits per heavy atom. The van der Waals surface area contributed by atoms with Crippen molar-refractivity contribution < 1.29 is 27.5 Å². The van der Waals surface area contributed by atoms with Gasteiger partial charge in [-0.15, -0.1) is 11.3 Å². The molecule has 0 saturated carbocycles. The zero-order valence-electron chi connectivity index (χ0n) is 9.50. The number of halogens is 4. The fourth-order valence-electron chi connectivity index (χ4n) is 1.81. The summed E-state index contributed by atoms with van der Waals surface area (Å²) >= 11 is 1.03. The van der Waals surface area contributed by atoms with Gasteiger partial charge in [-0.2, -0.15) is 8.78 Å². The Labute approximate surface area is 109 Å². The maximum Gasteiger partial charge on any atom is 0.324 e. The summed E-state index contributed by atoms with van der Waals surface area (Å²) in [6, 6.07) is 0. The van der Waals surface area contributed by atoms with Crippen molar-refractivity contribution in [1.82, 2.24) is 4.98 Å². The van der Waals surface area contributed by atoms with Gasteiger partial charge in [0.2, 0.25) is 0 Å². The first kappa shape index (κ1) is 14.0. The minimum absolute atomic E-state index is 0.0521. The number of anilines is 1. The van der Waals surface area contributed by atoms with Crippen molar-refractivity contribution >= 4 is 22.4 Å². The van der Waals surface area contributed by atoms with Crippen molar-refractivity contribution in [3.05, 3.63) is 10.6 Å². The number of nitrogens with zero attached hydrogens (tertiary/aromatic N) is 1. The number of carbonyl (C=O) groups is 1. The molecule has 0 spiro atoms. The Hall–Kier alpha value is -1.38. The predicted molar refractivity (Wildman–Crippen MR) is 60.3 cm³/mol. The highest BCUT2D eigenvalue weighted by molar-refractivity contribution is 7.15. The minimum atomic E-state index is -4.14. The molecule has 106 valence electrons. The lowest BCUT2D eigenvalue weighted by Gasteiger charge is -2.15. The maximum absolute atomic E-state index is 12.7. The molecule has 1 aliphatic rings. The smallest absolute Gasteiger partial charge is 0.324 e. The number of alkyl halides is 4. The molecule has 0 bridgehead atoms. The largest absolute Gasteiger partial charge is 0.481 e. The van der Waals surface area contributed by atoms with Crippen LogP contribution in [0.25, 0.3) is 0 Å². The van der Waals surface area contributed by atoms with Gasteiger partial charge in [-0.3, -0.25) is 4.79 Å². The van der Waals surface area contributed by atoms with E-state index in [9.17, 15) is 22.4 Å². The van der Waals surface area contributed by atoms with Crippen molar-refractivity contribution in [2.75, 3.05) is 11.9 Å². The molecular weight excluding hydrogens is 288 g/mol. The van der Waals surface area contributed by atoms with Crippen molar-refractivity contribution in [2.24, 2.45) is 0 Å². The van der Waals surface area contributed by atoms with Gasteiger partial charge in [-0.1, -0.05) is 0 Å². The van der Waals surface area contributed by atoms with Crippen molar-refractivity contribution in [3.63, 3.8) is 0 Å². The lowest BCUT2D eigenvalue weighted by molar-refractivity contribution is -0.138. The van der Waals surface area contributed by atoms with E-state index < -0.39 is 30.8 Å². The summed E-state index contributed by atoms with van der Waals surface area (Å²) in [4.78, 5) is 15.5. The molecule has 0 fully saturated rings. The van der Waals surface area contributed by atoms with Gasteiger partial charge in [0.1, 0.15) is 5.92 Å². The van der Waals surface area contributed by atoms with Crippen LogP contribution in [-0.2, 0) is 11.2 Å². The number of nitrogens with one attached hydrogen (secondary N) is 1. The standard InChI is InChI=1S/C10H10F4N2O2S/c11-8(12)10(13,14)3-15-9-16-6-4(7(17)18)1-2-5(6)19-9/h4,8H,1-3H2,(H,15,16)(H,17,18). The second-order valence-corrected chi connectivity index (χ2v) is 5.26. The fraction of sp³-hybridized carbons (Fsp3) is 0.600. The van der Waals surface area contributed by atoms with Crippen molar-refractivity contribution in [1.29, 1.82) is 0 Å². The van der Waals surface area contributed by atoms with Gasteiger partial charge in [0, 0.05) is 4.88 Å². The van der Waals surface area contributed by atoms with Crippen LogP contribution in [0.3, 0.4) is 0 Å².